The summed E-state index contributed by atoms with van der Waals surface area (Å²) in [6, 6.07) is 13.8. The Bertz CT molecular complexity index is 848. The highest BCUT2D eigenvalue weighted by Gasteiger charge is 2.13. The van der Waals surface area contributed by atoms with Gasteiger partial charge in [-0.05, 0) is 62.4 Å². The van der Waals surface area contributed by atoms with Crippen molar-refractivity contribution in [1.29, 1.82) is 0 Å². The van der Waals surface area contributed by atoms with Crippen molar-refractivity contribution in [2.24, 2.45) is 10.7 Å². The maximum absolute atomic E-state index is 12.2. The molecule has 26 heavy (non-hydrogen) atoms. The number of aliphatic imine (C=N–C) groups is 1. The molecule has 0 aliphatic rings. The van der Waals surface area contributed by atoms with Gasteiger partial charge in [0.2, 0.25) is 0 Å². The summed E-state index contributed by atoms with van der Waals surface area (Å²) in [7, 11) is -3.39. The summed E-state index contributed by atoms with van der Waals surface area (Å²) in [6.07, 6.45) is 0.105. The van der Waals surface area contributed by atoms with Crippen molar-refractivity contribution in [3.05, 3.63) is 53.0 Å². The molecule has 0 saturated heterocycles. The summed E-state index contributed by atoms with van der Waals surface area (Å²) in [4.78, 5) is 4.35. The van der Waals surface area contributed by atoms with Gasteiger partial charge in [-0.25, -0.2) is 8.42 Å². The number of hydrogen-bond acceptors (Lipinski definition) is 4. The highest BCUT2D eigenvalue weighted by Crippen LogP contribution is 2.17. The molecule has 3 N–H and O–H groups in total. The number of ether oxygens (including phenoxy) is 1. The van der Waals surface area contributed by atoms with E-state index in [-0.39, 0.29) is 29.3 Å². The van der Waals surface area contributed by atoms with E-state index in [0.29, 0.717) is 0 Å². The first-order valence-corrected chi connectivity index (χ1v) is 10.5. The lowest BCUT2D eigenvalue weighted by atomic mass is 10.3. The van der Waals surface area contributed by atoms with Gasteiger partial charge in [0.1, 0.15) is 5.75 Å². The van der Waals surface area contributed by atoms with Crippen LogP contribution in [-0.4, -0.2) is 32.8 Å². The van der Waals surface area contributed by atoms with Gasteiger partial charge in [0.05, 0.1) is 23.3 Å². The van der Waals surface area contributed by atoms with Crippen LogP contribution in [0.2, 0.25) is 0 Å². The zero-order valence-corrected chi connectivity index (χ0v) is 17.0. The standard InChI is InChI=1S/C18H22BrN3O3S/c1-13(2)25-16-7-5-15(6-8-16)22-18(20)21-11-12-26(23,24)17-9-3-14(19)4-10-17/h3-10,13H,11-12H2,1-2H3,(H3,20,21,22). The SMILES string of the molecule is CC(C)Oc1ccc(NC(N)=NCCS(=O)(=O)c2ccc(Br)cc2)cc1. The number of nitrogens with zero attached hydrogens (tertiary/aromatic N) is 1. The number of rotatable bonds is 7. The molecule has 0 atom stereocenters. The first kappa shape index (κ1) is 20.3. The quantitative estimate of drug-likeness (QED) is 0.508. The van der Waals surface area contributed by atoms with Crippen molar-refractivity contribution >= 4 is 37.4 Å². The highest BCUT2D eigenvalue weighted by molar-refractivity contribution is 9.10. The Morgan fingerprint density at radius 3 is 2.35 bits per heavy atom. The zero-order chi connectivity index (χ0) is 19.2. The number of nitrogens with one attached hydrogen (secondary N) is 1. The van der Waals surface area contributed by atoms with Crippen LogP contribution >= 0.6 is 15.9 Å². The van der Waals surface area contributed by atoms with Crippen molar-refractivity contribution in [3.63, 3.8) is 0 Å². The summed E-state index contributed by atoms with van der Waals surface area (Å²) in [6.45, 7) is 3.99. The van der Waals surface area contributed by atoms with Crippen molar-refractivity contribution in [3.8, 4) is 5.75 Å². The van der Waals surface area contributed by atoms with Gasteiger partial charge >= 0.3 is 0 Å². The van der Waals surface area contributed by atoms with E-state index in [1.54, 1.807) is 24.3 Å². The van der Waals surface area contributed by atoms with Gasteiger partial charge in [0, 0.05) is 10.2 Å². The summed E-state index contributed by atoms with van der Waals surface area (Å²) in [5.41, 5.74) is 6.57. The Balaban J connectivity index is 1.90. The Morgan fingerprint density at radius 2 is 1.77 bits per heavy atom. The van der Waals surface area contributed by atoms with E-state index in [4.69, 9.17) is 10.5 Å². The van der Waals surface area contributed by atoms with Gasteiger partial charge < -0.3 is 15.8 Å². The maximum Gasteiger partial charge on any atom is 0.193 e. The largest absolute Gasteiger partial charge is 0.491 e. The number of halogens is 1. The number of benzene rings is 2. The molecular weight excluding hydrogens is 418 g/mol. The molecule has 0 amide bonds. The molecule has 0 saturated carbocycles. The second kappa shape index (κ2) is 9.05. The topological polar surface area (TPSA) is 93.8 Å². The predicted octanol–water partition coefficient (Wildman–Crippen LogP) is 3.44. The van der Waals surface area contributed by atoms with E-state index in [0.717, 1.165) is 15.9 Å². The van der Waals surface area contributed by atoms with Crippen LogP contribution in [0.3, 0.4) is 0 Å². The lowest BCUT2D eigenvalue weighted by Gasteiger charge is -2.11. The van der Waals surface area contributed by atoms with Crippen LogP contribution in [0.1, 0.15) is 13.8 Å². The van der Waals surface area contributed by atoms with Gasteiger partial charge in [-0.3, -0.25) is 4.99 Å². The molecule has 2 aromatic carbocycles. The molecule has 0 aliphatic heterocycles. The second-order valence-electron chi connectivity index (χ2n) is 5.86. The highest BCUT2D eigenvalue weighted by atomic mass is 79.9. The maximum atomic E-state index is 12.2. The molecule has 0 fully saturated rings. The number of anilines is 1. The van der Waals surface area contributed by atoms with Crippen LogP contribution < -0.4 is 15.8 Å². The number of nitrogens with two attached hydrogens (primary N) is 1. The normalized spacial score (nSPS) is 12.2. The fourth-order valence-corrected chi connectivity index (χ4v) is 3.50. The number of sulfone groups is 1. The minimum absolute atomic E-state index is 0.0752. The molecule has 0 heterocycles. The smallest absolute Gasteiger partial charge is 0.193 e. The van der Waals surface area contributed by atoms with Crippen LogP contribution in [-0.2, 0) is 9.84 Å². The van der Waals surface area contributed by atoms with Gasteiger partial charge in [-0.2, -0.15) is 0 Å². The third-order valence-corrected chi connectivity index (χ3v) is 5.55. The molecule has 8 heteroatoms. The lowest BCUT2D eigenvalue weighted by molar-refractivity contribution is 0.242. The Morgan fingerprint density at radius 1 is 1.15 bits per heavy atom. The van der Waals surface area contributed by atoms with E-state index in [1.807, 2.05) is 38.1 Å². The lowest BCUT2D eigenvalue weighted by Crippen LogP contribution is -2.24. The van der Waals surface area contributed by atoms with E-state index in [2.05, 4.69) is 26.2 Å². The first-order chi connectivity index (χ1) is 12.3. The van der Waals surface area contributed by atoms with E-state index in [9.17, 15) is 8.42 Å². The molecule has 0 unspecified atom stereocenters. The minimum Gasteiger partial charge on any atom is -0.491 e. The molecular formula is C18H22BrN3O3S. The van der Waals surface area contributed by atoms with Crippen molar-refractivity contribution in [2.45, 2.75) is 24.8 Å². The zero-order valence-electron chi connectivity index (χ0n) is 14.6. The van der Waals surface area contributed by atoms with Gasteiger partial charge in [0.25, 0.3) is 0 Å². The Labute approximate surface area is 162 Å². The van der Waals surface area contributed by atoms with Crippen LogP contribution in [0.15, 0.2) is 62.9 Å². The van der Waals surface area contributed by atoms with Crippen molar-refractivity contribution in [1.82, 2.24) is 0 Å². The number of hydrogen-bond donors (Lipinski definition) is 2. The van der Waals surface area contributed by atoms with Crippen LogP contribution in [0.4, 0.5) is 5.69 Å². The van der Waals surface area contributed by atoms with E-state index in [1.165, 1.54) is 0 Å². The molecule has 2 rings (SSSR count). The molecule has 2 aromatic rings. The summed E-state index contributed by atoms with van der Waals surface area (Å²) in [5, 5.41) is 2.93. The molecule has 0 radical (unpaired) electrons. The third-order valence-electron chi connectivity index (χ3n) is 3.31. The average Bonchev–Trinajstić information content (AvgIpc) is 2.56. The van der Waals surface area contributed by atoms with E-state index < -0.39 is 9.84 Å². The minimum atomic E-state index is -3.39. The second-order valence-corrected chi connectivity index (χ2v) is 8.88. The van der Waals surface area contributed by atoms with Gasteiger partial charge in [-0.1, -0.05) is 15.9 Å². The summed E-state index contributed by atoms with van der Waals surface area (Å²) >= 11 is 3.28. The Hall–Kier alpha value is -2.06. The monoisotopic (exact) mass is 439 g/mol. The molecule has 0 bridgehead atoms. The molecule has 140 valence electrons. The average molecular weight is 440 g/mol. The van der Waals surface area contributed by atoms with Gasteiger partial charge in [0.15, 0.2) is 15.8 Å². The fraction of sp³-hybridized carbons (Fsp3) is 0.278. The molecule has 0 aromatic heterocycles. The van der Waals surface area contributed by atoms with Crippen LogP contribution in [0, 0.1) is 0 Å². The third kappa shape index (κ3) is 6.34. The molecule has 0 aliphatic carbocycles. The van der Waals surface area contributed by atoms with Crippen LogP contribution in [0.5, 0.6) is 5.75 Å². The first-order valence-electron chi connectivity index (χ1n) is 8.08. The van der Waals surface area contributed by atoms with Crippen LogP contribution in [0.25, 0.3) is 0 Å². The molecule has 0 spiro atoms. The molecule has 6 nitrogen and oxygen atoms in total. The predicted molar refractivity (Wildman–Crippen MR) is 109 cm³/mol. The Kier molecular flexibility index (Phi) is 7.05. The van der Waals surface area contributed by atoms with Crippen molar-refractivity contribution < 1.29 is 13.2 Å². The fourth-order valence-electron chi connectivity index (χ4n) is 2.12. The summed E-state index contributed by atoms with van der Waals surface area (Å²) < 4.78 is 30.9. The van der Waals surface area contributed by atoms with Gasteiger partial charge in [-0.15, -0.1) is 0 Å². The summed E-state index contributed by atoms with van der Waals surface area (Å²) in [5.74, 6) is 0.813. The van der Waals surface area contributed by atoms with Crippen molar-refractivity contribution in [2.75, 3.05) is 17.6 Å². The van der Waals surface area contributed by atoms with E-state index >= 15 is 0 Å². The number of guanidine groups is 1.